The number of benzene rings is 2. The summed E-state index contributed by atoms with van der Waals surface area (Å²) in [4.78, 5) is 16.8. The molecule has 10 heteroatoms. The number of carbonyl (C=O) groups excluding carboxylic acids is 1. The van der Waals surface area contributed by atoms with Gasteiger partial charge in [-0.1, -0.05) is 59.6 Å². The molecule has 0 saturated carbocycles. The quantitative estimate of drug-likeness (QED) is 0.574. The Bertz CT molecular complexity index is 1070. The number of carbonyl (C=O) groups is 1. The molecule has 2 aromatic carbocycles. The maximum atomic E-state index is 12.7. The zero-order chi connectivity index (χ0) is 24.1. The van der Waals surface area contributed by atoms with Crippen LogP contribution in [0.3, 0.4) is 0 Å². The third-order valence-corrected chi connectivity index (χ3v) is 8.97. The van der Waals surface area contributed by atoms with Crippen molar-refractivity contribution in [3.63, 3.8) is 0 Å². The predicted molar refractivity (Wildman–Crippen MR) is 135 cm³/mol. The topological polar surface area (TPSA) is 73.0 Å². The summed E-state index contributed by atoms with van der Waals surface area (Å²) in [6, 6.07) is 14.7. The van der Waals surface area contributed by atoms with Gasteiger partial charge in [-0.2, -0.15) is 0 Å². The number of amides is 1. The fraction of sp³-hybridized carbons (Fsp3) is 0.458. The van der Waals surface area contributed by atoms with Crippen LogP contribution in [0.4, 0.5) is 0 Å². The highest BCUT2D eigenvalue weighted by Gasteiger charge is 2.32. The Balaban J connectivity index is 1.20. The summed E-state index contributed by atoms with van der Waals surface area (Å²) in [7, 11) is -3.37. The minimum Gasteiger partial charge on any atom is -0.339 e. The Morgan fingerprint density at radius 3 is 2.29 bits per heavy atom. The smallest absolute Gasteiger partial charge is 0.236 e. The third kappa shape index (κ3) is 6.50. The minimum atomic E-state index is -3.37. The van der Waals surface area contributed by atoms with E-state index in [2.05, 4.69) is 10.2 Å². The Hall–Kier alpha value is -1.68. The molecule has 2 heterocycles. The SMILES string of the molecule is O=C(CN[C@H]1CCN(S(=O)(=O)Cc2ccccc2)C1)N1CCN(Cc2c(Cl)cccc2Cl)CC1. The van der Waals surface area contributed by atoms with Crippen molar-refractivity contribution in [1.29, 1.82) is 0 Å². The molecule has 2 saturated heterocycles. The van der Waals surface area contributed by atoms with Gasteiger partial charge in [0.05, 0.1) is 12.3 Å². The molecule has 1 atom stereocenters. The van der Waals surface area contributed by atoms with Gasteiger partial charge < -0.3 is 10.2 Å². The van der Waals surface area contributed by atoms with Gasteiger partial charge in [-0.05, 0) is 24.1 Å². The molecule has 0 bridgehead atoms. The van der Waals surface area contributed by atoms with E-state index in [0.717, 1.165) is 24.2 Å². The minimum absolute atomic E-state index is 0.00315. The zero-order valence-electron chi connectivity index (χ0n) is 19.0. The number of nitrogens with one attached hydrogen (secondary N) is 1. The van der Waals surface area contributed by atoms with E-state index in [1.165, 1.54) is 4.31 Å². The van der Waals surface area contributed by atoms with Crippen molar-refractivity contribution in [3.8, 4) is 0 Å². The average molecular weight is 526 g/mol. The highest BCUT2D eigenvalue weighted by molar-refractivity contribution is 7.88. The van der Waals surface area contributed by atoms with E-state index in [-0.39, 0.29) is 24.2 Å². The second-order valence-corrected chi connectivity index (χ2v) is 11.6. The fourth-order valence-electron chi connectivity index (χ4n) is 4.43. The molecule has 7 nitrogen and oxygen atoms in total. The predicted octanol–water partition coefficient (Wildman–Crippen LogP) is 2.83. The van der Waals surface area contributed by atoms with E-state index in [4.69, 9.17) is 23.2 Å². The Morgan fingerprint density at radius 1 is 0.941 bits per heavy atom. The van der Waals surface area contributed by atoms with Crippen molar-refractivity contribution in [2.24, 2.45) is 0 Å². The van der Waals surface area contributed by atoms with Crippen LogP contribution in [0.1, 0.15) is 17.5 Å². The van der Waals surface area contributed by atoms with Gasteiger partial charge in [-0.15, -0.1) is 0 Å². The highest BCUT2D eigenvalue weighted by atomic mass is 35.5. The van der Waals surface area contributed by atoms with E-state index in [9.17, 15) is 13.2 Å². The van der Waals surface area contributed by atoms with Crippen molar-refractivity contribution in [2.45, 2.75) is 24.8 Å². The molecule has 34 heavy (non-hydrogen) atoms. The van der Waals surface area contributed by atoms with Crippen molar-refractivity contribution in [3.05, 3.63) is 69.7 Å². The second kappa shape index (κ2) is 11.4. The van der Waals surface area contributed by atoms with Crippen LogP contribution >= 0.6 is 23.2 Å². The number of hydrogen-bond acceptors (Lipinski definition) is 5. The van der Waals surface area contributed by atoms with E-state index < -0.39 is 10.0 Å². The maximum absolute atomic E-state index is 12.7. The molecule has 2 aliphatic rings. The monoisotopic (exact) mass is 524 g/mol. The number of nitrogens with zero attached hydrogens (tertiary/aromatic N) is 3. The zero-order valence-corrected chi connectivity index (χ0v) is 21.3. The molecule has 0 aromatic heterocycles. The summed E-state index contributed by atoms with van der Waals surface area (Å²) in [6.45, 7) is 4.54. The van der Waals surface area contributed by atoms with E-state index in [1.54, 1.807) is 0 Å². The number of piperazine rings is 1. The lowest BCUT2D eigenvalue weighted by Crippen LogP contribution is -2.51. The molecular formula is C24H30Cl2N4O3S. The van der Waals surface area contributed by atoms with Crippen LogP contribution in [0.5, 0.6) is 0 Å². The van der Waals surface area contributed by atoms with E-state index >= 15 is 0 Å². The van der Waals surface area contributed by atoms with Gasteiger partial charge in [0.2, 0.25) is 15.9 Å². The van der Waals surface area contributed by atoms with E-state index in [0.29, 0.717) is 49.2 Å². The van der Waals surface area contributed by atoms with Gasteiger partial charge in [0.15, 0.2) is 0 Å². The van der Waals surface area contributed by atoms with Gasteiger partial charge in [-0.3, -0.25) is 9.69 Å². The first kappa shape index (κ1) is 25.4. The molecular weight excluding hydrogens is 495 g/mol. The molecule has 0 spiro atoms. The lowest BCUT2D eigenvalue weighted by molar-refractivity contribution is -0.132. The van der Waals surface area contributed by atoms with Crippen molar-refractivity contribution in [1.82, 2.24) is 19.4 Å². The lowest BCUT2D eigenvalue weighted by atomic mass is 10.2. The number of hydrogen-bond donors (Lipinski definition) is 1. The van der Waals surface area contributed by atoms with Gasteiger partial charge in [0.1, 0.15) is 0 Å². The standard InChI is InChI=1S/C24H30Cl2N4O3S/c25-22-7-4-8-23(26)21(22)17-28-11-13-29(14-12-28)24(31)15-27-20-9-10-30(16-20)34(32,33)18-19-5-2-1-3-6-19/h1-8,20,27H,9-18H2/t20-/m0/s1. The van der Waals surface area contributed by atoms with Crippen molar-refractivity contribution >= 4 is 39.1 Å². The molecule has 0 aliphatic carbocycles. The summed E-state index contributed by atoms with van der Waals surface area (Å²) in [5.41, 5.74) is 1.70. The molecule has 0 unspecified atom stereocenters. The largest absolute Gasteiger partial charge is 0.339 e. The number of rotatable bonds is 8. The van der Waals surface area contributed by atoms with Crippen LogP contribution in [-0.2, 0) is 27.1 Å². The van der Waals surface area contributed by atoms with Crippen LogP contribution in [0.2, 0.25) is 10.0 Å². The fourth-order valence-corrected chi connectivity index (χ4v) is 6.53. The summed E-state index contributed by atoms with van der Waals surface area (Å²) < 4.78 is 27.0. The molecule has 2 fully saturated rings. The summed E-state index contributed by atoms with van der Waals surface area (Å²) in [6.07, 6.45) is 0.702. The van der Waals surface area contributed by atoms with Crippen molar-refractivity contribution in [2.75, 3.05) is 45.8 Å². The first-order chi connectivity index (χ1) is 16.3. The van der Waals surface area contributed by atoms with Gasteiger partial charge >= 0.3 is 0 Å². The maximum Gasteiger partial charge on any atom is 0.236 e. The van der Waals surface area contributed by atoms with Crippen LogP contribution in [0.25, 0.3) is 0 Å². The average Bonchev–Trinajstić information content (AvgIpc) is 3.31. The molecule has 1 amide bonds. The summed E-state index contributed by atoms with van der Waals surface area (Å²) in [5, 5.41) is 4.58. The van der Waals surface area contributed by atoms with Crippen molar-refractivity contribution < 1.29 is 13.2 Å². The Kier molecular flexibility index (Phi) is 8.50. The summed E-state index contributed by atoms with van der Waals surface area (Å²) >= 11 is 12.6. The van der Waals surface area contributed by atoms with Crippen LogP contribution < -0.4 is 5.32 Å². The van der Waals surface area contributed by atoms with Crippen LogP contribution in [-0.4, -0.2) is 80.3 Å². The molecule has 1 N–H and O–H groups in total. The second-order valence-electron chi connectivity index (χ2n) is 8.82. The Morgan fingerprint density at radius 2 is 1.62 bits per heavy atom. The summed E-state index contributed by atoms with van der Waals surface area (Å²) in [5.74, 6) is 0.0458. The number of sulfonamides is 1. The van der Waals surface area contributed by atoms with E-state index in [1.807, 2.05) is 53.4 Å². The molecule has 2 aliphatic heterocycles. The molecule has 4 rings (SSSR count). The van der Waals surface area contributed by atoms with Crippen LogP contribution in [0.15, 0.2) is 48.5 Å². The normalized spacial score (nSPS) is 20.1. The molecule has 2 aromatic rings. The Labute approximate surface area is 211 Å². The van der Waals surface area contributed by atoms with Gasteiger partial charge in [0.25, 0.3) is 0 Å². The first-order valence-electron chi connectivity index (χ1n) is 11.5. The lowest BCUT2D eigenvalue weighted by Gasteiger charge is -2.35. The third-order valence-electron chi connectivity index (χ3n) is 6.45. The number of halogens is 2. The van der Waals surface area contributed by atoms with Gasteiger partial charge in [0, 0.05) is 67.5 Å². The van der Waals surface area contributed by atoms with Crippen LogP contribution in [0, 0.1) is 0 Å². The molecule has 184 valence electrons. The first-order valence-corrected chi connectivity index (χ1v) is 13.9. The van der Waals surface area contributed by atoms with Gasteiger partial charge in [-0.25, -0.2) is 12.7 Å². The highest BCUT2D eigenvalue weighted by Crippen LogP contribution is 2.26. The molecule has 0 radical (unpaired) electrons.